The lowest BCUT2D eigenvalue weighted by Gasteiger charge is -2.13. The van der Waals surface area contributed by atoms with Crippen LogP contribution in [0.1, 0.15) is 13.8 Å². The van der Waals surface area contributed by atoms with Gasteiger partial charge in [-0.25, -0.2) is 0 Å². The van der Waals surface area contributed by atoms with Crippen molar-refractivity contribution in [2.45, 2.75) is 20.4 Å². The molecular weight excluding hydrogens is 216 g/mol. The van der Waals surface area contributed by atoms with Crippen LogP contribution in [0.2, 0.25) is 0 Å². The van der Waals surface area contributed by atoms with Gasteiger partial charge in [-0.1, -0.05) is 22.9 Å². The third-order valence-corrected chi connectivity index (χ3v) is 2.74. The molecule has 1 aromatic heterocycles. The van der Waals surface area contributed by atoms with Crippen molar-refractivity contribution >= 4 is 16.9 Å². The van der Waals surface area contributed by atoms with E-state index >= 15 is 0 Å². The quantitative estimate of drug-likeness (QED) is 0.817. The number of aromatic nitrogens is 2. The zero-order valence-electron chi connectivity index (χ0n) is 9.92. The predicted octanol–water partition coefficient (Wildman–Crippen LogP) is 1.63. The molecule has 2 aromatic rings. The van der Waals surface area contributed by atoms with Crippen molar-refractivity contribution in [2.24, 2.45) is 5.41 Å². The average molecular weight is 231 g/mol. The number of carboxylic acids is 1. The van der Waals surface area contributed by atoms with Gasteiger partial charge in [-0.05, 0) is 19.9 Å². The number of benzene rings is 1. The maximum Gasteiger partial charge on any atom is 0.315 e. The molecule has 0 radical (unpaired) electrons. The third kappa shape index (κ3) is 2.41. The van der Waals surface area contributed by atoms with Crippen LogP contribution in [0.25, 0.3) is 10.9 Å². The molecule has 0 amide bonds. The first-order chi connectivity index (χ1) is 7.99. The zero-order chi connectivity index (χ0) is 12.5. The standard InChI is InChI=1S/C13H14N2O2/c1-13(2,12(16)17)9-15-8-7-10-5-3-4-6-11(10)14-15/h3-8H,9H2,1-2H3/p+1. The molecule has 4 nitrogen and oxygen atoms in total. The average Bonchev–Trinajstić information content (AvgIpc) is 2.28. The van der Waals surface area contributed by atoms with Gasteiger partial charge < -0.3 is 5.11 Å². The summed E-state index contributed by atoms with van der Waals surface area (Å²) in [6.07, 6.45) is 1.81. The number of fused-ring (bicyclic) bond motifs is 1. The van der Waals surface area contributed by atoms with E-state index in [2.05, 4.69) is 5.10 Å². The Morgan fingerprint density at radius 3 is 2.76 bits per heavy atom. The highest BCUT2D eigenvalue weighted by atomic mass is 16.4. The van der Waals surface area contributed by atoms with Crippen LogP contribution in [0.4, 0.5) is 0 Å². The lowest BCUT2D eigenvalue weighted by Crippen LogP contribution is -2.47. The molecule has 0 spiro atoms. The summed E-state index contributed by atoms with van der Waals surface area (Å²) >= 11 is 0. The Hall–Kier alpha value is -1.97. The first kappa shape index (κ1) is 11.5. The van der Waals surface area contributed by atoms with Crippen LogP contribution >= 0.6 is 0 Å². The van der Waals surface area contributed by atoms with Crippen LogP contribution in [0.5, 0.6) is 0 Å². The van der Waals surface area contributed by atoms with Gasteiger partial charge in [0.2, 0.25) is 0 Å². The Morgan fingerprint density at radius 1 is 1.35 bits per heavy atom. The number of hydrogen-bond acceptors (Lipinski definition) is 2. The molecule has 0 fully saturated rings. The van der Waals surface area contributed by atoms with E-state index < -0.39 is 11.4 Å². The number of carboxylic acid groups (broad SMARTS) is 1. The summed E-state index contributed by atoms with van der Waals surface area (Å²) in [7, 11) is 0. The van der Waals surface area contributed by atoms with Gasteiger partial charge in [0, 0.05) is 16.6 Å². The molecule has 0 unspecified atom stereocenters. The van der Waals surface area contributed by atoms with Crippen molar-refractivity contribution < 1.29 is 14.6 Å². The summed E-state index contributed by atoms with van der Waals surface area (Å²) in [4.78, 5) is 11.0. The minimum absolute atomic E-state index is 0.354. The number of hydrogen-bond donors (Lipinski definition) is 1. The van der Waals surface area contributed by atoms with Crippen LogP contribution in [-0.4, -0.2) is 16.2 Å². The fourth-order valence-corrected chi connectivity index (χ4v) is 1.62. The second-order valence-corrected chi connectivity index (χ2v) is 4.76. The van der Waals surface area contributed by atoms with E-state index in [1.54, 1.807) is 18.5 Å². The lowest BCUT2D eigenvalue weighted by molar-refractivity contribution is -0.759. The van der Waals surface area contributed by atoms with E-state index in [0.29, 0.717) is 6.54 Å². The Balaban J connectivity index is 2.34. The topological polar surface area (TPSA) is 54.1 Å². The van der Waals surface area contributed by atoms with E-state index in [-0.39, 0.29) is 0 Å². The second-order valence-electron chi connectivity index (χ2n) is 4.76. The molecule has 0 aliphatic rings. The highest BCUT2D eigenvalue weighted by Gasteiger charge is 2.32. The first-order valence-corrected chi connectivity index (χ1v) is 5.48. The summed E-state index contributed by atoms with van der Waals surface area (Å²) in [5.74, 6) is -0.819. The van der Waals surface area contributed by atoms with E-state index in [9.17, 15) is 4.79 Å². The molecule has 0 aliphatic heterocycles. The molecule has 0 saturated heterocycles. The third-order valence-electron chi connectivity index (χ3n) is 2.74. The molecule has 1 heterocycles. The van der Waals surface area contributed by atoms with Crippen LogP contribution in [0.3, 0.4) is 0 Å². The van der Waals surface area contributed by atoms with Crippen molar-refractivity contribution in [2.75, 3.05) is 0 Å². The Morgan fingerprint density at radius 2 is 2.06 bits per heavy atom. The Kier molecular flexibility index (Phi) is 2.79. The van der Waals surface area contributed by atoms with Crippen molar-refractivity contribution in [3.63, 3.8) is 0 Å². The van der Waals surface area contributed by atoms with E-state index in [1.807, 2.05) is 36.5 Å². The maximum atomic E-state index is 11.0. The monoisotopic (exact) mass is 231 g/mol. The van der Waals surface area contributed by atoms with Crippen molar-refractivity contribution in [1.29, 1.82) is 0 Å². The smallest absolute Gasteiger partial charge is 0.315 e. The van der Waals surface area contributed by atoms with Crippen LogP contribution in [0, 0.1) is 5.41 Å². The first-order valence-electron chi connectivity index (χ1n) is 5.48. The van der Waals surface area contributed by atoms with E-state index in [0.717, 1.165) is 10.9 Å². The molecule has 0 saturated carbocycles. The normalized spacial score (nSPS) is 11.6. The maximum absolute atomic E-state index is 11.0. The van der Waals surface area contributed by atoms with Gasteiger partial charge in [0.05, 0.1) is 0 Å². The zero-order valence-corrected chi connectivity index (χ0v) is 9.92. The van der Waals surface area contributed by atoms with Crippen LogP contribution in [-0.2, 0) is 11.3 Å². The van der Waals surface area contributed by atoms with Gasteiger partial charge in [-0.2, -0.15) is 0 Å². The number of nitrogens with zero attached hydrogens (tertiary/aromatic N) is 2. The van der Waals surface area contributed by atoms with E-state index in [1.165, 1.54) is 0 Å². The number of carbonyl (C=O) groups is 1. The molecule has 4 heteroatoms. The molecule has 0 bridgehead atoms. The van der Waals surface area contributed by atoms with Gasteiger partial charge in [0.25, 0.3) is 0 Å². The predicted molar refractivity (Wildman–Crippen MR) is 63.4 cm³/mol. The largest absolute Gasteiger partial charge is 0.481 e. The highest BCUT2D eigenvalue weighted by molar-refractivity contribution is 5.76. The van der Waals surface area contributed by atoms with Gasteiger partial charge >= 0.3 is 5.97 Å². The van der Waals surface area contributed by atoms with Gasteiger partial charge in [0.15, 0.2) is 12.7 Å². The molecule has 1 aromatic carbocycles. The second kappa shape index (κ2) is 4.13. The Labute approximate surface area is 99.5 Å². The van der Waals surface area contributed by atoms with Crippen LogP contribution < -0.4 is 4.68 Å². The van der Waals surface area contributed by atoms with Gasteiger partial charge in [0.1, 0.15) is 10.9 Å². The summed E-state index contributed by atoms with van der Waals surface area (Å²) in [6.45, 7) is 3.74. The van der Waals surface area contributed by atoms with Gasteiger partial charge in [-0.15, -0.1) is 0 Å². The summed E-state index contributed by atoms with van der Waals surface area (Å²) in [5.41, 5.74) is 0.0521. The van der Waals surface area contributed by atoms with E-state index in [4.69, 9.17) is 5.11 Å². The van der Waals surface area contributed by atoms with Crippen molar-refractivity contribution in [1.82, 2.24) is 5.10 Å². The SMILES string of the molecule is CC(C)(C[n+]1ccc2ccccc2n1)C(=O)O. The molecular formula is C13H15N2O2+. The Bertz CT molecular complexity index is 564. The van der Waals surface area contributed by atoms with Gasteiger partial charge in [-0.3, -0.25) is 4.79 Å². The highest BCUT2D eigenvalue weighted by Crippen LogP contribution is 2.15. The summed E-state index contributed by atoms with van der Waals surface area (Å²) in [6, 6.07) is 9.71. The van der Waals surface area contributed by atoms with Crippen molar-refractivity contribution in [3.8, 4) is 0 Å². The molecule has 1 N–H and O–H groups in total. The minimum Gasteiger partial charge on any atom is -0.481 e. The fraction of sp³-hybridized carbons (Fsp3) is 0.308. The number of aliphatic carboxylic acids is 1. The lowest BCUT2D eigenvalue weighted by atomic mass is 9.94. The summed E-state index contributed by atoms with van der Waals surface area (Å²) < 4.78 is 1.68. The molecule has 0 aliphatic carbocycles. The molecule has 0 atom stereocenters. The summed E-state index contributed by atoms with van der Waals surface area (Å²) in [5, 5.41) is 14.5. The van der Waals surface area contributed by atoms with Crippen LogP contribution in [0.15, 0.2) is 36.5 Å². The molecule has 17 heavy (non-hydrogen) atoms. The minimum atomic E-state index is -0.819. The number of rotatable bonds is 3. The molecule has 88 valence electrons. The van der Waals surface area contributed by atoms with Crippen molar-refractivity contribution in [3.05, 3.63) is 36.5 Å². The molecule has 2 rings (SSSR count). The fourth-order valence-electron chi connectivity index (χ4n) is 1.62.